The van der Waals surface area contributed by atoms with Gasteiger partial charge in [0.2, 0.25) is 10.0 Å². The molecule has 0 saturated carbocycles. The molecule has 0 spiro atoms. The Hall–Kier alpha value is -1.14. The largest absolute Gasteiger partial charge is 0.315 e. The first-order chi connectivity index (χ1) is 9.30. The SMILES string of the molecule is Cc1cc(NS(=O)(=O)CCCCNC(C)C)ccc1F. The molecule has 114 valence electrons. The molecule has 0 saturated heterocycles. The van der Waals surface area contributed by atoms with Crippen LogP contribution in [0.1, 0.15) is 32.3 Å². The van der Waals surface area contributed by atoms with Gasteiger partial charge in [0.05, 0.1) is 5.75 Å². The Bertz CT molecular complexity index is 530. The summed E-state index contributed by atoms with van der Waals surface area (Å²) in [7, 11) is -3.37. The number of rotatable bonds is 8. The summed E-state index contributed by atoms with van der Waals surface area (Å²) in [6, 6.07) is 4.60. The summed E-state index contributed by atoms with van der Waals surface area (Å²) in [5, 5.41) is 3.24. The molecule has 2 N–H and O–H groups in total. The first-order valence-corrected chi connectivity index (χ1v) is 8.45. The zero-order chi connectivity index (χ0) is 15.2. The Morgan fingerprint density at radius 3 is 2.55 bits per heavy atom. The van der Waals surface area contributed by atoms with Gasteiger partial charge in [-0.05, 0) is 50.1 Å². The smallest absolute Gasteiger partial charge is 0.232 e. The molecular weight excluding hydrogens is 279 g/mol. The van der Waals surface area contributed by atoms with Crippen LogP contribution in [0.3, 0.4) is 0 Å². The van der Waals surface area contributed by atoms with E-state index in [1.807, 2.05) is 0 Å². The standard InChI is InChI=1S/C14H23FN2O2S/c1-11(2)16-8-4-5-9-20(18,19)17-13-6-7-14(15)12(3)10-13/h6-7,10-11,16-17H,4-5,8-9H2,1-3H3. The summed E-state index contributed by atoms with van der Waals surface area (Å²) in [6.45, 7) is 6.51. The number of anilines is 1. The average Bonchev–Trinajstić information content (AvgIpc) is 2.32. The van der Waals surface area contributed by atoms with Crippen LogP contribution >= 0.6 is 0 Å². The zero-order valence-electron chi connectivity index (χ0n) is 12.2. The third-order valence-electron chi connectivity index (χ3n) is 2.82. The van der Waals surface area contributed by atoms with Crippen LogP contribution < -0.4 is 10.0 Å². The number of unbranched alkanes of at least 4 members (excludes halogenated alkanes) is 1. The van der Waals surface area contributed by atoms with Crippen LogP contribution in [0.2, 0.25) is 0 Å². The second kappa shape index (κ2) is 7.59. The number of sulfonamides is 1. The Kier molecular flexibility index (Phi) is 6.42. The average molecular weight is 302 g/mol. The minimum Gasteiger partial charge on any atom is -0.315 e. The molecular formula is C14H23FN2O2S. The van der Waals surface area contributed by atoms with Gasteiger partial charge in [-0.3, -0.25) is 4.72 Å². The molecule has 0 aromatic heterocycles. The van der Waals surface area contributed by atoms with Gasteiger partial charge < -0.3 is 5.32 Å². The van der Waals surface area contributed by atoms with Crippen LogP contribution in [0.15, 0.2) is 18.2 Å². The van der Waals surface area contributed by atoms with Gasteiger partial charge in [-0.25, -0.2) is 12.8 Å². The minimum absolute atomic E-state index is 0.0726. The molecule has 20 heavy (non-hydrogen) atoms. The first-order valence-electron chi connectivity index (χ1n) is 6.80. The second-order valence-electron chi connectivity index (χ2n) is 5.20. The van der Waals surface area contributed by atoms with Gasteiger partial charge in [0, 0.05) is 11.7 Å². The van der Waals surface area contributed by atoms with Gasteiger partial charge in [-0.15, -0.1) is 0 Å². The van der Waals surface area contributed by atoms with Crippen LogP contribution in [-0.4, -0.2) is 26.8 Å². The highest BCUT2D eigenvalue weighted by atomic mass is 32.2. The monoisotopic (exact) mass is 302 g/mol. The normalized spacial score (nSPS) is 11.8. The molecule has 0 aliphatic rings. The van der Waals surface area contributed by atoms with Crippen LogP contribution in [-0.2, 0) is 10.0 Å². The number of hydrogen-bond donors (Lipinski definition) is 2. The number of nitrogens with one attached hydrogen (secondary N) is 2. The zero-order valence-corrected chi connectivity index (χ0v) is 13.1. The number of aryl methyl sites for hydroxylation is 1. The fourth-order valence-corrected chi connectivity index (χ4v) is 2.92. The van der Waals surface area contributed by atoms with Crippen LogP contribution in [0.5, 0.6) is 0 Å². The lowest BCUT2D eigenvalue weighted by atomic mass is 10.2. The van der Waals surface area contributed by atoms with Crippen molar-refractivity contribution in [3.8, 4) is 0 Å². The summed E-state index contributed by atoms with van der Waals surface area (Å²) in [4.78, 5) is 0. The predicted molar refractivity (Wildman–Crippen MR) is 80.9 cm³/mol. The fourth-order valence-electron chi connectivity index (χ4n) is 1.75. The van der Waals surface area contributed by atoms with Gasteiger partial charge in [0.1, 0.15) is 5.82 Å². The molecule has 0 atom stereocenters. The van der Waals surface area contributed by atoms with E-state index in [2.05, 4.69) is 23.9 Å². The Morgan fingerprint density at radius 1 is 1.25 bits per heavy atom. The Balaban J connectivity index is 2.43. The second-order valence-corrected chi connectivity index (χ2v) is 7.04. The van der Waals surface area contributed by atoms with Gasteiger partial charge in [-0.1, -0.05) is 13.8 Å². The van der Waals surface area contributed by atoms with Crippen molar-refractivity contribution in [1.29, 1.82) is 0 Å². The maximum atomic E-state index is 13.1. The van der Waals surface area contributed by atoms with Crippen molar-refractivity contribution in [2.24, 2.45) is 0 Å². The van der Waals surface area contributed by atoms with Crippen molar-refractivity contribution in [3.63, 3.8) is 0 Å². The van der Waals surface area contributed by atoms with Gasteiger partial charge in [-0.2, -0.15) is 0 Å². The fraction of sp³-hybridized carbons (Fsp3) is 0.571. The molecule has 0 aliphatic heterocycles. The van der Waals surface area contributed by atoms with Crippen LogP contribution in [0.4, 0.5) is 10.1 Å². The van der Waals surface area contributed by atoms with E-state index in [4.69, 9.17) is 0 Å². The van der Waals surface area contributed by atoms with E-state index in [-0.39, 0.29) is 11.6 Å². The van der Waals surface area contributed by atoms with Crippen molar-refractivity contribution in [1.82, 2.24) is 5.32 Å². The van der Waals surface area contributed by atoms with E-state index in [0.29, 0.717) is 23.7 Å². The van der Waals surface area contributed by atoms with Crippen molar-refractivity contribution < 1.29 is 12.8 Å². The number of halogens is 1. The lowest BCUT2D eigenvalue weighted by Gasteiger charge is -2.10. The van der Waals surface area contributed by atoms with Crippen molar-refractivity contribution in [2.45, 2.75) is 39.7 Å². The van der Waals surface area contributed by atoms with E-state index < -0.39 is 10.0 Å². The van der Waals surface area contributed by atoms with E-state index >= 15 is 0 Å². The Morgan fingerprint density at radius 2 is 1.95 bits per heavy atom. The van der Waals surface area contributed by atoms with Crippen molar-refractivity contribution >= 4 is 15.7 Å². The third-order valence-corrected chi connectivity index (χ3v) is 4.20. The molecule has 0 fully saturated rings. The third kappa shape index (κ3) is 6.34. The molecule has 0 radical (unpaired) electrons. The molecule has 1 aromatic rings. The summed E-state index contributed by atoms with van der Waals surface area (Å²) >= 11 is 0. The highest BCUT2D eigenvalue weighted by Crippen LogP contribution is 2.15. The summed E-state index contributed by atoms with van der Waals surface area (Å²) in [6.07, 6.45) is 1.40. The lowest BCUT2D eigenvalue weighted by molar-refractivity contribution is 0.561. The maximum absolute atomic E-state index is 13.1. The van der Waals surface area contributed by atoms with Crippen molar-refractivity contribution in [3.05, 3.63) is 29.6 Å². The van der Waals surface area contributed by atoms with Crippen molar-refractivity contribution in [2.75, 3.05) is 17.0 Å². The summed E-state index contributed by atoms with van der Waals surface area (Å²) in [5.74, 6) is -0.267. The molecule has 0 amide bonds. The van der Waals surface area contributed by atoms with Crippen LogP contribution in [0.25, 0.3) is 0 Å². The molecule has 0 heterocycles. The van der Waals surface area contributed by atoms with E-state index in [1.165, 1.54) is 18.2 Å². The molecule has 0 aliphatic carbocycles. The predicted octanol–water partition coefficient (Wildman–Crippen LogP) is 2.65. The van der Waals surface area contributed by atoms with Gasteiger partial charge >= 0.3 is 0 Å². The van der Waals surface area contributed by atoms with E-state index in [0.717, 1.165) is 13.0 Å². The highest BCUT2D eigenvalue weighted by molar-refractivity contribution is 7.92. The molecule has 0 unspecified atom stereocenters. The summed E-state index contributed by atoms with van der Waals surface area (Å²) in [5.41, 5.74) is 0.829. The topological polar surface area (TPSA) is 58.2 Å². The molecule has 1 aromatic carbocycles. The van der Waals surface area contributed by atoms with Gasteiger partial charge in [0.15, 0.2) is 0 Å². The van der Waals surface area contributed by atoms with E-state index in [9.17, 15) is 12.8 Å². The Labute approximate surface area is 120 Å². The molecule has 6 heteroatoms. The quantitative estimate of drug-likeness (QED) is 0.726. The van der Waals surface area contributed by atoms with E-state index in [1.54, 1.807) is 6.92 Å². The van der Waals surface area contributed by atoms with Crippen LogP contribution in [0, 0.1) is 12.7 Å². The molecule has 0 bridgehead atoms. The summed E-state index contributed by atoms with van der Waals surface area (Å²) < 4.78 is 39.3. The number of benzene rings is 1. The van der Waals surface area contributed by atoms with Gasteiger partial charge in [0.25, 0.3) is 0 Å². The molecule has 1 rings (SSSR count). The first kappa shape index (κ1) is 16.9. The molecule has 4 nitrogen and oxygen atoms in total. The minimum atomic E-state index is -3.37. The lowest BCUT2D eigenvalue weighted by Crippen LogP contribution is -2.24. The maximum Gasteiger partial charge on any atom is 0.232 e. The number of hydrogen-bond acceptors (Lipinski definition) is 3. The highest BCUT2D eigenvalue weighted by Gasteiger charge is 2.10.